The lowest BCUT2D eigenvalue weighted by molar-refractivity contribution is -0.161. The van der Waals surface area contributed by atoms with Crippen LogP contribution in [0.25, 0.3) is 0 Å². The summed E-state index contributed by atoms with van der Waals surface area (Å²) in [7, 11) is -4.77. The zero-order valence-corrected chi connectivity index (χ0v) is 49.3. The number of esters is 3. The van der Waals surface area contributed by atoms with Crippen LogP contribution in [0.1, 0.15) is 265 Å². The van der Waals surface area contributed by atoms with Gasteiger partial charge in [0.1, 0.15) is 12.7 Å². The first-order valence-corrected chi connectivity index (χ1v) is 32.0. The van der Waals surface area contributed by atoms with E-state index < -0.39 is 57.8 Å². The topological polar surface area (TPSA) is 155 Å². The van der Waals surface area contributed by atoms with Crippen LogP contribution in [0, 0.1) is 0 Å². The normalized spacial score (nSPS) is 13.9. The lowest BCUT2D eigenvalue weighted by Crippen LogP contribution is -2.30. The van der Waals surface area contributed by atoms with Gasteiger partial charge in [0.2, 0.25) is 0 Å². The fourth-order valence-electron chi connectivity index (χ4n) is 8.20. The molecule has 0 aliphatic heterocycles. The number of phosphoric ester groups is 1. The molecule has 0 saturated carbocycles. The van der Waals surface area contributed by atoms with Gasteiger partial charge in [0.15, 0.2) is 6.10 Å². The minimum Gasteiger partial charge on any atom is -0.462 e. The first-order valence-electron chi connectivity index (χ1n) is 30.5. The van der Waals surface area contributed by atoms with Gasteiger partial charge in [-0.3, -0.25) is 23.4 Å². The summed E-state index contributed by atoms with van der Waals surface area (Å²) in [4.78, 5) is 48.6. The van der Waals surface area contributed by atoms with Gasteiger partial charge in [-0.25, -0.2) is 4.57 Å². The van der Waals surface area contributed by atoms with Crippen molar-refractivity contribution < 1.29 is 52.2 Å². The van der Waals surface area contributed by atoms with E-state index in [0.29, 0.717) is 19.3 Å². The molecule has 0 radical (unpaired) electrons. The van der Waals surface area contributed by atoms with Crippen LogP contribution >= 0.6 is 7.82 Å². The monoisotopic (exact) mass is 1090 g/mol. The Kier molecular flexibility index (Phi) is 55.3. The van der Waals surface area contributed by atoms with E-state index in [1.54, 1.807) is 0 Å². The molecule has 3 atom stereocenters. The number of phosphoric acid groups is 1. The van der Waals surface area contributed by atoms with Crippen molar-refractivity contribution in [2.24, 2.45) is 0 Å². The largest absolute Gasteiger partial charge is 0.472 e. The fourth-order valence-corrected chi connectivity index (χ4v) is 8.99. The van der Waals surface area contributed by atoms with Crippen molar-refractivity contribution >= 4 is 25.7 Å². The Bertz CT molecular complexity index is 1600. The molecule has 0 heterocycles. The van der Waals surface area contributed by atoms with Gasteiger partial charge in [-0.1, -0.05) is 247 Å². The van der Waals surface area contributed by atoms with Crippen LogP contribution in [0.4, 0.5) is 0 Å². The number of hydrogen-bond donors (Lipinski definition) is 2. The molecule has 438 valence electrons. The number of unbranched alkanes of at least 4 members (excludes halogenated alkanes) is 25. The minimum absolute atomic E-state index is 0.0981. The molecule has 0 aliphatic carbocycles. The van der Waals surface area contributed by atoms with E-state index in [0.717, 1.165) is 96.3 Å². The predicted octanol–water partition coefficient (Wildman–Crippen LogP) is 18.3. The van der Waals surface area contributed by atoms with Gasteiger partial charge in [0, 0.05) is 19.3 Å². The smallest absolute Gasteiger partial charge is 0.462 e. The van der Waals surface area contributed by atoms with Crippen LogP contribution in [-0.4, -0.2) is 66.5 Å². The zero-order valence-electron chi connectivity index (χ0n) is 48.5. The van der Waals surface area contributed by atoms with Gasteiger partial charge < -0.3 is 24.2 Å². The highest BCUT2D eigenvalue weighted by atomic mass is 31.2. The molecule has 0 amide bonds. The van der Waals surface area contributed by atoms with Crippen molar-refractivity contribution in [2.75, 3.05) is 26.4 Å². The number of carbonyl (C=O) groups is 3. The molecule has 0 bridgehead atoms. The third-order valence-electron chi connectivity index (χ3n) is 12.8. The predicted molar refractivity (Wildman–Crippen MR) is 316 cm³/mol. The average molecular weight is 1090 g/mol. The molecule has 0 aromatic heterocycles. The molecule has 0 saturated heterocycles. The highest BCUT2D eigenvalue weighted by molar-refractivity contribution is 7.47. The Hall–Kier alpha value is -3.34. The summed E-state index contributed by atoms with van der Waals surface area (Å²) in [6.07, 6.45) is 66.9. The lowest BCUT2D eigenvalue weighted by Gasteiger charge is -2.21. The number of ether oxygens (including phenoxy) is 3. The van der Waals surface area contributed by atoms with Crippen LogP contribution in [0.5, 0.6) is 0 Å². The van der Waals surface area contributed by atoms with Crippen molar-refractivity contribution in [3.8, 4) is 0 Å². The second-order valence-corrected chi connectivity index (χ2v) is 21.6. The van der Waals surface area contributed by atoms with E-state index in [2.05, 4.69) is 93.7 Å². The zero-order chi connectivity index (χ0) is 55.5. The molecule has 12 heteroatoms. The lowest BCUT2D eigenvalue weighted by atomic mass is 10.0. The summed E-state index contributed by atoms with van der Waals surface area (Å²) in [5.74, 6) is -1.57. The summed E-state index contributed by atoms with van der Waals surface area (Å²) in [6, 6.07) is 0. The second kappa shape index (κ2) is 57.8. The van der Waals surface area contributed by atoms with E-state index >= 15 is 0 Å². The fraction of sp³-hybridized carbons (Fsp3) is 0.734. The average Bonchev–Trinajstić information content (AvgIpc) is 3.41. The number of carbonyl (C=O) groups excluding carboxylic acids is 3. The molecule has 0 spiro atoms. The van der Waals surface area contributed by atoms with Crippen molar-refractivity contribution in [2.45, 2.75) is 277 Å². The number of hydrogen-bond acceptors (Lipinski definition) is 10. The van der Waals surface area contributed by atoms with E-state index in [-0.39, 0.29) is 25.9 Å². The molecule has 0 aliphatic rings. The second-order valence-electron chi connectivity index (χ2n) is 20.1. The van der Waals surface area contributed by atoms with Crippen molar-refractivity contribution in [1.29, 1.82) is 0 Å². The highest BCUT2D eigenvalue weighted by Crippen LogP contribution is 2.43. The highest BCUT2D eigenvalue weighted by Gasteiger charge is 2.28. The number of aliphatic hydroxyl groups is 1. The first-order chi connectivity index (χ1) is 37.2. The molecular weight excluding hydrogens is 976 g/mol. The Morgan fingerprint density at radius 1 is 0.382 bits per heavy atom. The molecule has 0 rings (SSSR count). The Morgan fingerprint density at radius 3 is 1.11 bits per heavy atom. The van der Waals surface area contributed by atoms with Gasteiger partial charge >= 0.3 is 25.7 Å². The molecule has 0 aromatic carbocycles. The molecular formula is C64H111O11P. The molecule has 11 nitrogen and oxygen atoms in total. The maximum absolute atomic E-state index is 12.9. The van der Waals surface area contributed by atoms with Gasteiger partial charge in [-0.15, -0.1) is 0 Å². The Morgan fingerprint density at radius 2 is 0.711 bits per heavy atom. The maximum Gasteiger partial charge on any atom is 0.472 e. The van der Waals surface area contributed by atoms with E-state index in [9.17, 15) is 28.9 Å². The first kappa shape index (κ1) is 72.7. The summed E-state index contributed by atoms with van der Waals surface area (Å²) in [5.41, 5.74) is 0. The van der Waals surface area contributed by atoms with Gasteiger partial charge in [0.05, 0.1) is 19.8 Å². The van der Waals surface area contributed by atoms with Crippen LogP contribution in [0.15, 0.2) is 85.1 Å². The van der Waals surface area contributed by atoms with Crippen molar-refractivity contribution in [3.05, 3.63) is 85.1 Å². The summed E-state index contributed by atoms with van der Waals surface area (Å²) < 4.78 is 39.5. The van der Waals surface area contributed by atoms with Crippen LogP contribution in [-0.2, 0) is 42.2 Å². The van der Waals surface area contributed by atoms with E-state index in [1.165, 1.54) is 109 Å². The molecule has 76 heavy (non-hydrogen) atoms. The molecule has 3 unspecified atom stereocenters. The molecule has 0 aromatic rings. The maximum atomic E-state index is 12.9. The van der Waals surface area contributed by atoms with Crippen LogP contribution in [0.3, 0.4) is 0 Å². The number of rotatable bonds is 56. The summed E-state index contributed by atoms with van der Waals surface area (Å²) >= 11 is 0. The van der Waals surface area contributed by atoms with Crippen molar-refractivity contribution in [1.82, 2.24) is 0 Å². The standard InChI is InChI=1S/C64H111O11P/c1-4-7-10-13-16-19-22-25-28-29-30-31-34-35-38-41-44-47-50-53-62(66)71-57-61(75-64(68)55-52-49-46-43-40-37-33-27-24-21-18-15-12-9-6-3)59-73-76(69,70)72-58-60(56-65)74-63(67)54-51-48-45-42-39-36-32-26-23-20-17-14-11-8-5-2/h7,10,16,19,25,27-28,30-31,33,35,38,44,47,60-61,65H,4-6,8-9,11-15,17-18,20-24,26,29,32,34,36-37,39-43,45-46,48-59H2,1-3H3,(H,69,70)/b10-7-,19-16-,28-25-,31-30-,33-27-,38-35-,47-44-. The van der Waals surface area contributed by atoms with E-state index in [1.807, 2.05) is 12.2 Å². The SMILES string of the molecule is CC/C=C\C/C=C\C/C=C\C/C=C\C/C=C\C/C=C\CCC(=O)OCC(COP(=O)(O)OCC(CO)OC(=O)CCCCCCCCCCCCCCCCC)OC(=O)CCCCCCC/C=C\CCCCCCCC. The van der Waals surface area contributed by atoms with Gasteiger partial charge in [-0.2, -0.15) is 0 Å². The van der Waals surface area contributed by atoms with E-state index in [4.69, 9.17) is 23.3 Å². The van der Waals surface area contributed by atoms with Crippen LogP contribution in [0.2, 0.25) is 0 Å². The van der Waals surface area contributed by atoms with Gasteiger partial charge in [-0.05, 0) is 83.5 Å². The molecule has 0 fully saturated rings. The summed E-state index contributed by atoms with van der Waals surface area (Å²) in [6.45, 7) is 4.46. The van der Waals surface area contributed by atoms with Crippen molar-refractivity contribution in [3.63, 3.8) is 0 Å². The molecule has 2 N–H and O–H groups in total. The third kappa shape index (κ3) is 55.4. The Balaban J connectivity index is 4.81. The minimum atomic E-state index is -4.77. The van der Waals surface area contributed by atoms with Crippen LogP contribution < -0.4 is 0 Å². The number of allylic oxidation sites excluding steroid dienone is 14. The van der Waals surface area contributed by atoms with Gasteiger partial charge in [0.25, 0.3) is 0 Å². The quantitative estimate of drug-likeness (QED) is 0.0197. The number of aliphatic hydroxyl groups excluding tert-OH is 1. The third-order valence-corrected chi connectivity index (χ3v) is 13.8. The summed E-state index contributed by atoms with van der Waals surface area (Å²) in [5, 5.41) is 9.83. The Labute approximate surface area is 464 Å².